The molecule has 1 aromatic carbocycles. The Hall–Kier alpha value is -3.27. The number of benzene rings is 1. The average Bonchev–Trinajstić information content (AvgIpc) is 2.57. The Kier molecular flexibility index (Phi) is 5.15. The summed E-state index contributed by atoms with van der Waals surface area (Å²) in [7, 11) is 0. The second-order valence-electron chi connectivity index (χ2n) is 4.05. The molecule has 0 fully saturated rings. The third kappa shape index (κ3) is 3.86. The largest absolute Gasteiger partial charge is 0.461 e. The summed E-state index contributed by atoms with van der Waals surface area (Å²) in [6.07, 6.45) is 3.33. The zero-order chi connectivity index (χ0) is 15.8. The molecule has 2 rings (SSSR count). The van der Waals surface area contributed by atoms with Crippen LogP contribution in [0.15, 0.2) is 47.8 Å². The van der Waals surface area contributed by atoms with Crippen LogP contribution < -0.4 is 5.43 Å². The second-order valence-corrected chi connectivity index (χ2v) is 4.05. The zero-order valence-corrected chi connectivity index (χ0v) is 11.9. The van der Waals surface area contributed by atoms with E-state index in [-0.39, 0.29) is 12.3 Å². The molecule has 1 heterocycles. The molecule has 0 bridgehead atoms. The highest BCUT2D eigenvalue weighted by Gasteiger charge is 2.11. The predicted octanol–water partition coefficient (Wildman–Crippen LogP) is 2.00. The van der Waals surface area contributed by atoms with Crippen molar-refractivity contribution in [3.63, 3.8) is 0 Å². The topological polar surface area (TPSA) is 100 Å². The highest BCUT2D eigenvalue weighted by Crippen LogP contribution is 2.17. The maximum atomic E-state index is 11.4. The first-order chi connectivity index (χ1) is 10.7. The van der Waals surface area contributed by atoms with Crippen molar-refractivity contribution in [2.24, 2.45) is 5.10 Å². The van der Waals surface area contributed by atoms with Gasteiger partial charge in [-0.1, -0.05) is 0 Å². The van der Waals surface area contributed by atoms with E-state index in [1.165, 1.54) is 0 Å². The van der Waals surface area contributed by atoms with Crippen LogP contribution in [0, 0.1) is 11.3 Å². The number of anilines is 1. The number of ether oxygens (including phenoxy) is 1. The number of nitriles is 1. The lowest BCUT2D eigenvalue weighted by Crippen LogP contribution is -2.17. The molecule has 0 unspecified atom stereocenters. The van der Waals surface area contributed by atoms with Gasteiger partial charge in [0.2, 0.25) is 5.71 Å². The van der Waals surface area contributed by atoms with Crippen molar-refractivity contribution in [1.29, 1.82) is 5.26 Å². The third-order valence-corrected chi connectivity index (χ3v) is 2.58. The van der Waals surface area contributed by atoms with E-state index in [4.69, 9.17) is 10.00 Å². The van der Waals surface area contributed by atoms with Crippen molar-refractivity contribution in [3.8, 4) is 17.5 Å². The minimum Gasteiger partial charge on any atom is -0.461 e. The van der Waals surface area contributed by atoms with Crippen molar-refractivity contribution in [3.05, 3.63) is 42.7 Å². The Bertz CT molecular complexity index is 705. The lowest BCUT2D eigenvalue weighted by atomic mass is 10.2. The van der Waals surface area contributed by atoms with Gasteiger partial charge in [-0.2, -0.15) is 10.4 Å². The smallest absolute Gasteiger partial charge is 0.369 e. The van der Waals surface area contributed by atoms with Gasteiger partial charge in [-0.05, 0) is 37.3 Å². The van der Waals surface area contributed by atoms with Crippen molar-refractivity contribution < 1.29 is 9.53 Å². The number of esters is 1. The van der Waals surface area contributed by atoms with Gasteiger partial charge < -0.3 is 4.74 Å². The average molecular weight is 295 g/mol. The van der Waals surface area contributed by atoms with Gasteiger partial charge in [0.05, 0.1) is 12.3 Å². The van der Waals surface area contributed by atoms with E-state index in [0.717, 1.165) is 5.56 Å². The molecule has 7 heteroatoms. The molecule has 0 aliphatic carbocycles. The van der Waals surface area contributed by atoms with Gasteiger partial charge in [0.25, 0.3) is 0 Å². The first-order valence-electron chi connectivity index (χ1n) is 6.53. The minimum atomic E-state index is -0.758. The van der Waals surface area contributed by atoms with Crippen molar-refractivity contribution in [2.75, 3.05) is 12.0 Å². The molecular formula is C15H13N5O2. The minimum absolute atomic E-state index is 0.186. The first-order valence-corrected chi connectivity index (χ1v) is 6.53. The summed E-state index contributed by atoms with van der Waals surface area (Å²) in [6.45, 7) is 1.84. The molecule has 2 aromatic rings. The molecule has 0 amide bonds. The van der Waals surface area contributed by atoms with Gasteiger partial charge in [-0.15, -0.1) is 0 Å². The molecule has 0 saturated carbocycles. The molecule has 0 aliphatic rings. The maximum absolute atomic E-state index is 11.4. The van der Waals surface area contributed by atoms with E-state index >= 15 is 0 Å². The van der Waals surface area contributed by atoms with Gasteiger partial charge in [-0.3, -0.25) is 5.43 Å². The summed E-state index contributed by atoms with van der Waals surface area (Å²) in [5.74, 6) is -0.145. The Balaban J connectivity index is 2.08. The normalized spacial score (nSPS) is 10.6. The molecule has 1 aromatic heterocycles. The summed E-state index contributed by atoms with van der Waals surface area (Å²) in [4.78, 5) is 19.7. The van der Waals surface area contributed by atoms with Gasteiger partial charge >= 0.3 is 5.97 Å². The molecule has 0 aliphatic heterocycles. The van der Waals surface area contributed by atoms with Crippen LogP contribution >= 0.6 is 0 Å². The van der Waals surface area contributed by atoms with Crippen LogP contribution in [0.5, 0.6) is 0 Å². The SMILES string of the molecule is CCOC(=O)C(C#N)=NNc1ccc(-c2ncccn2)cc1. The van der Waals surface area contributed by atoms with Crippen LogP contribution in [-0.4, -0.2) is 28.3 Å². The number of aromatic nitrogens is 2. The van der Waals surface area contributed by atoms with Crippen LogP contribution in [0.2, 0.25) is 0 Å². The van der Waals surface area contributed by atoms with Crippen LogP contribution in [0.3, 0.4) is 0 Å². The van der Waals surface area contributed by atoms with Crippen LogP contribution in [0.1, 0.15) is 6.92 Å². The number of hydrazone groups is 1. The van der Waals surface area contributed by atoms with Crippen molar-refractivity contribution >= 4 is 17.4 Å². The number of nitrogens with one attached hydrogen (secondary N) is 1. The third-order valence-electron chi connectivity index (χ3n) is 2.58. The number of carbonyl (C=O) groups excluding carboxylic acids is 1. The highest BCUT2D eigenvalue weighted by atomic mass is 16.5. The molecule has 110 valence electrons. The first kappa shape index (κ1) is 15.1. The standard InChI is InChI=1S/C15H13N5O2/c1-2-22-15(21)13(10-16)20-19-12-6-4-11(5-7-12)14-17-8-3-9-18-14/h3-9,19H,2H2,1H3. The van der Waals surface area contributed by atoms with E-state index in [9.17, 15) is 4.79 Å². The fraction of sp³-hybridized carbons (Fsp3) is 0.133. The second kappa shape index (κ2) is 7.50. The van der Waals surface area contributed by atoms with E-state index in [2.05, 4.69) is 20.5 Å². The van der Waals surface area contributed by atoms with E-state index in [0.29, 0.717) is 11.5 Å². The van der Waals surface area contributed by atoms with E-state index in [1.807, 2.05) is 12.1 Å². The summed E-state index contributed by atoms with van der Waals surface area (Å²) >= 11 is 0. The molecule has 22 heavy (non-hydrogen) atoms. The molecule has 7 nitrogen and oxygen atoms in total. The maximum Gasteiger partial charge on any atom is 0.369 e. The van der Waals surface area contributed by atoms with Gasteiger partial charge in [0.15, 0.2) is 5.82 Å². The molecular weight excluding hydrogens is 282 g/mol. The van der Waals surface area contributed by atoms with Gasteiger partial charge in [0.1, 0.15) is 6.07 Å². The molecule has 0 spiro atoms. The fourth-order valence-electron chi connectivity index (χ4n) is 1.58. The quantitative estimate of drug-likeness (QED) is 0.514. The summed E-state index contributed by atoms with van der Waals surface area (Å²) in [6, 6.07) is 10.5. The fourth-order valence-corrected chi connectivity index (χ4v) is 1.58. The summed E-state index contributed by atoms with van der Waals surface area (Å²) in [5.41, 5.74) is 3.77. The van der Waals surface area contributed by atoms with Gasteiger partial charge in [0, 0.05) is 18.0 Å². The highest BCUT2D eigenvalue weighted by molar-refractivity contribution is 6.43. The lowest BCUT2D eigenvalue weighted by Gasteiger charge is -2.03. The van der Waals surface area contributed by atoms with Crippen LogP contribution in [0.25, 0.3) is 11.4 Å². The van der Waals surface area contributed by atoms with Crippen molar-refractivity contribution in [2.45, 2.75) is 6.92 Å². The predicted molar refractivity (Wildman–Crippen MR) is 80.8 cm³/mol. The van der Waals surface area contributed by atoms with Crippen LogP contribution in [0.4, 0.5) is 5.69 Å². The number of hydrogen-bond donors (Lipinski definition) is 1. The Labute approximate surface area is 127 Å². The molecule has 0 radical (unpaired) electrons. The monoisotopic (exact) mass is 295 g/mol. The molecule has 0 atom stereocenters. The van der Waals surface area contributed by atoms with Gasteiger partial charge in [-0.25, -0.2) is 14.8 Å². The van der Waals surface area contributed by atoms with E-state index in [1.54, 1.807) is 43.6 Å². The van der Waals surface area contributed by atoms with Crippen molar-refractivity contribution in [1.82, 2.24) is 9.97 Å². The Morgan fingerprint density at radius 3 is 2.59 bits per heavy atom. The summed E-state index contributed by atoms with van der Waals surface area (Å²) < 4.78 is 4.71. The summed E-state index contributed by atoms with van der Waals surface area (Å²) in [5, 5.41) is 12.6. The van der Waals surface area contributed by atoms with E-state index < -0.39 is 5.97 Å². The Morgan fingerprint density at radius 1 is 1.32 bits per heavy atom. The number of nitrogens with zero attached hydrogens (tertiary/aromatic N) is 4. The van der Waals surface area contributed by atoms with Crippen LogP contribution in [-0.2, 0) is 9.53 Å². The lowest BCUT2D eigenvalue weighted by molar-refractivity contribution is -0.134. The number of carbonyl (C=O) groups is 1. The molecule has 0 saturated heterocycles. The number of rotatable bonds is 5. The Morgan fingerprint density at radius 2 is 2.00 bits per heavy atom. The zero-order valence-electron chi connectivity index (χ0n) is 11.9. The number of hydrogen-bond acceptors (Lipinski definition) is 7. The molecule has 1 N–H and O–H groups in total.